The Labute approximate surface area is 118 Å². The standard InChI is InChI=1S/C14H21N3O3/c18-14(9-19-8-11-3-1-2-6-20-11)17-5-4-12-13(7-17)16-10-15-12/h10-11H,1-9H2,(H,15,16). The molecule has 3 rings (SSSR count). The van der Waals surface area contributed by atoms with Crippen LogP contribution >= 0.6 is 0 Å². The monoisotopic (exact) mass is 279 g/mol. The number of carbonyl (C=O) groups is 1. The maximum absolute atomic E-state index is 12.1. The number of hydrogen-bond donors (Lipinski definition) is 1. The lowest BCUT2D eigenvalue weighted by molar-refractivity contribution is -0.139. The molecule has 1 N–H and O–H groups in total. The first-order valence-corrected chi connectivity index (χ1v) is 7.31. The molecule has 6 heteroatoms. The fourth-order valence-electron chi connectivity index (χ4n) is 2.73. The Morgan fingerprint density at radius 1 is 1.55 bits per heavy atom. The molecule has 0 spiro atoms. The van der Waals surface area contributed by atoms with Crippen LogP contribution in [0.5, 0.6) is 0 Å². The minimum atomic E-state index is 0.0426. The summed E-state index contributed by atoms with van der Waals surface area (Å²) in [5.74, 6) is 0.0426. The lowest BCUT2D eigenvalue weighted by atomic mass is 10.1. The summed E-state index contributed by atoms with van der Waals surface area (Å²) in [7, 11) is 0. The van der Waals surface area contributed by atoms with Crippen LogP contribution in [-0.2, 0) is 27.2 Å². The molecule has 1 amide bonds. The zero-order chi connectivity index (χ0) is 13.8. The first-order valence-electron chi connectivity index (χ1n) is 7.31. The van der Waals surface area contributed by atoms with E-state index in [1.807, 2.05) is 4.90 Å². The second kappa shape index (κ2) is 6.37. The summed E-state index contributed by atoms with van der Waals surface area (Å²) in [4.78, 5) is 21.2. The third-order valence-corrected chi connectivity index (χ3v) is 3.93. The van der Waals surface area contributed by atoms with Crippen molar-refractivity contribution in [3.8, 4) is 0 Å². The van der Waals surface area contributed by atoms with Crippen LogP contribution in [0.3, 0.4) is 0 Å². The predicted octanol–water partition coefficient (Wildman–Crippen LogP) is 0.880. The van der Waals surface area contributed by atoms with E-state index in [0.29, 0.717) is 13.2 Å². The van der Waals surface area contributed by atoms with Gasteiger partial charge in [0.25, 0.3) is 0 Å². The molecule has 1 aromatic heterocycles. The van der Waals surface area contributed by atoms with Gasteiger partial charge in [0.05, 0.1) is 37.0 Å². The number of ether oxygens (including phenoxy) is 2. The lowest BCUT2D eigenvalue weighted by Gasteiger charge is -2.27. The van der Waals surface area contributed by atoms with Crippen LogP contribution in [-0.4, -0.2) is 53.2 Å². The normalized spacial score (nSPS) is 22.6. The van der Waals surface area contributed by atoms with Gasteiger partial charge in [-0.2, -0.15) is 0 Å². The number of aromatic amines is 1. The molecular weight excluding hydrogens is 258 g/mol. The van der Waals surface area contributed by atoms with Crippen molar-refractivity contribution in [2.75, 3.05) is 26.4 Å². The number of aromatic nitrogens is 2. The number of nitrogens with zero attached hydrogens (tertiary/aromatic N) is 2. The molecule has 0 aliphatic carbocycles. The van der Waals surface area contributed by atoms with E-state index < -0.39 is 0 Å². The van der Waals surface area contributed by atoms with Crippen LogP contribution in [0.25, 0.3) is 0 Å². The topological polar surface area (TPSA) is 67.5 Å². The van der Waals surface area contributed by atoms with Gasteiger partial charge in [-0.3, -0.25) is 4.79 Å². The fourth-order valence-corrected chi connectivity index (χ4v) is 2.73. The van der Waals surface area contributed by atoms with Gasteiger partial charge in [-0.1, -0.05) is 0 Å². The number of imidazole rings is 1. The Hall–Kier alpha value is -1.40. The van der Waals surface area contributed by atoms with Crippen LogP contribution in [0, 0.1) is 0 Å². The van der Waals surface area contributed by atoms with Gasteiger partial charge in [-0.05, 0) is 19.3 Å². The van der Waals surface area contributed by atoms with E-state index in [-0.39, 0.29) is 18.6 Å². The summed E-state index contributed by atoms with van der Waals surface area (Å²) < 4.78 is 11.1. The number of carbonyl (C=O) groups excluding carboxylic acids is 1. The number of nitrogens with one attached hydrogen (secondary N) is 1. The van der Waals surface area contributed by atoms with E-state index in [1.54, 1.807) is 6.33 Å². The highest BCUT2D eigenvalue weighted by Crippen LogP contribution is 2.15. The van der Waals surface area contributed by atoms with E-state index in [0.717, 1.165) is 43.8 Å². The fraction of sp³-hybridized carbons (Fsp3) is 0.714. The Balaban J connectivity index is 1.41. The predicted molar refractivity (Wildman–Crippen MR) is 72.1 cm³/mol. The Morgan fingerprint density at radius 2 is 2.50 bits per heavy atom. The van der Waals surface area contributed by atoms with Crippen molar-refractivity contribution in [3.05, 3.63) is 17.7 Å². The summed E-state index contributed by atoms with van der Waals surface area (Å²) in [6, 6.07) is 0. The second-order valence-electron chi connectivity index (χ2n) is 5.40. The van der Waals surface area contributed by atoms with Gasteiger partial charge >= 0.3 is 0 Å². The molecule has 3 heterocycles. The quantitative estimate of drug-likeness (QED) is 0.888. The van der Waals surface area contributed by atoms with Crippen molar-refractivity contribution in [1.82, 2.24) is 14.9 Å². The Bertz CT molecular complexity index is 454. The number of amides is 1. The van der Waals surface area contributed by atoms with E-state index in [9.17, 15) is 4.79 Å². The van der Waals surface area contributed by atoms with Crippen molar-refractivity contribution in [2.45, 2.75) is 38.3 Å². The average Bonchev–Trinajstić information content (AvgIpc) is 2.95. The molecule has 110 valence electrons. The zero-order valence-electron chi connectivity index (χ0n) is 11.6. The number of H-pyrrole nitrogens is 1. The smallest absolute Gasteiger partial charge is 0.248 e. The van der Waals surface area contributed by atoms with Crippen molar-refractivity contribution in [1.29, 1.82) is 0 Å². The Kier molecular flexibility index (Phi) is 4.32. The minimum absolute atomic E-state index is 0.0426. The molecule has 0 radical (unpaired) electrons. The maximum Gasteiger partial charge on any atom is 0.248 e. The summed E-state index contributed by atoms with van der Waals surface area (Å²) in [6.45, 7) is 2.81. The second-order valence-corrected chi connectivity index (χ2v) is 5.40. The van der Waals surface area contributed by atoms with E-state index in [2.05, 4.69) is 9.97 Å². The molecule has 1 aromatic rings. The van der Waals surface area contributed by atoms with Crippen molar-refractivity contribution in [3.63, 3.8) is 0 Å². The van der Waals surface area contributed by atoms with Crippen LogP contribution in [0.4, 0.5) is 0 Å². The van der Waals surface area contributed by atoms with E-state index >= 15 is 0 Å². The van der Waals surface area contributed by atoms with Gasteiger partial charge in [0, 0.05) is 19.6 Å². The molecule has 0 bridgehead atoms. The van der Waals surface area contributed by atoms with Gasteiger partial charge in [0.2, 0.25) is 5.91 Å². The van der Waals surface area contributed by atoms with E-state index in [1.165, 1.54) is 6.42 Å². The van der Waals surface area contributed by atoms with Gasteiger partial charge < -0.3 is 19.4 Å². The largest absolute Gasteiger partial charge is 0.376 e. The van der Waals surface area contributed by atoms with Crippen molar-refractivity contribution >= 4 is 5.91 Å². The first kappa shape index (κ1) is 13.6. The highest BCUT2D eigenvalue weighted by Gasteiger charge is 2.22. The SMILES string of the molecule is O=C(COCC1CCCCO1)N1CCc2nc[nH]c2C1. The first-order chi connectivity index (χ1) is 9.83. The molecule has 2 aliphatic rings. The zero-order valence-corrected chi connectivity index (χ0v) is 11.6. The minimum Gasteiger partial charge on any atom is -0.376 e. The highest BCUT2D eigenvalue weighted by molar-refractivity contribution is 5.77. The van der Waals surface area contributed by atoms with Crippen molar-refractivity contribution < 1.29 is 14.3 Å². The molecule has 0 aromatic carbocycles. The third-order valence-electron chi connectivity index (χ3n) is 3.93. The summed E-state index contributed by atoms with van der Waals surface area (Å²) in [6.07, 6.45) is 6.03. The lowest BCUT2D eigenvalue weighted by Crippen LogP contribution is -2.39. The molecular formula is C14H21N3O3. The molecule has 0 saturated carbocycles. The van der Waals surface area contributed by atoms with Crippen LogP contribution in [0.15, 0.2) is 6.33 Å². The van der Waals surface area contributed by atoms with Crippen LogP contribution < -0.4 is 0 Å². The molecule has 20 heavy (non-hydrogen) atoms. The summed E-state index contributed by atoms with van der Waals surface area (Å²) in [5, 5.41) is 0. The average molecular weight is 279 g/mol. The van der Waals surface area contributed by atoms with E-state index in [4.69, 9.17) is 9.47 Å². The molecule has 6 nitrogen and oxygen atoms in total. The van der Waals surface area contributed by atoms with Crippen LogP contribution in [0.2, 0.25) is 0 Å². The molecule has 1 unspecified atom stereocenters. The maximum atomic E-state index is 12.1. The number of hydrogen-bond acceptors (Lipinski definition) is 4. The van der Waals surface area contributed by atoms with Gasteiger partial charge in [-0.15, -0.1) is 0 Å². The third kappa shape index (κ3) is 3.19. The Morgan fingerprint density at radius 3 is 3.35 bits per heavy atom. The van der Waals surface area contributed by atoms with Crippen LogP contribution in [0.1, 0.15) is 30.7 Å². The molecule has 1 atom stereocenters. The number of fused-ring (bicyclic) bond motifs is 1. The van der Waals surface area contributed by atoms with Gasteiger partial charge in [0.1, 0.15) is 6.61 Å². The summed E-state index contributed by atoms with van der Waals surface area (Å²) >= 11 is 0. The number of rotatable bonds is 4. The molecule has 1 fully saturated rings. The van der Waals surface area contributed by atoms with Crippen molar-refractivity contribution in [2.24, 2.45) is 0 Å². The molecule has 2 aliphatic heterocycles. The van der Waals surface area contributed by atoms with Gasteiger partial charge in [-0.25, -0.2) is 4.98 Å². The summed E-state index contributed by atoms with van der Waals surface area (Å²) in [5.41, 5.74) is 2.12. The highest BCUT2D eigenvalue weighted by atomic mass is 16.5. The molecule has 1 saturated heterocycles. The van der Waals surface area contributed by atoms with Gasteiger partial charge in [0.15, 0.2) is 0 Å².